The van der Waals surface area contributed by atoms with Gasteiger partial charge in [-0.3, -0.25) is 13.8 Å². The van der Waals surface area contributed by atoms with Crippen molar-refractivity contribution in [2.75, 3.05) is 24.6 Å². The highest BCUT2D eigenvalue weighted by molar-refractivity contribution is 5.61. The minimum absolute atomic E-state index is 0.0150. The number of halogens is 3. The molecule has 0 amide bonds. The van der Waals surface area contributed by atoms with Crippen LogP contribution in [-0.2, 0) is 24.0 Å². The molecule has 0 spiro atoms. The molecule has 4 rings (SSSR count). The maximum atomic E-state index is 13.9. The highest BCUT2D eigenvalue weighted by Crippen LogP contribution is 2.37. The second-order valence-electron chi connectivity index (χ2n) is 8.05. The van der Waals surface area contributed by atoms with Crippen LogP contribution < -0.4 is 10.6 Å². The van der Waals surface area contributed by atoms with E-state index in [4.69, 9.17) is 4.74 Å². The second-order valence-corrected chi connectivity index (χ2v) is 8.05. The van der Waals surface area contributed by atoms with Crippen LogP contribution in [0.1, 0.15) is 30.5 Å². The van der Waals surface area contributed by atoms with Gasteiger partial charge < -0.3 is 9.64 Å². The van der Waals surface area contributed by atoms with Gasteiger partial charge in [-0.2, -0.15) is 18.3 Å². The van der Waals surface area contributed by atoms with Gasteiger partial charge in [0, 0.05) is 49.5 Å². The van der Waals surface area contributed by atoms with E-state index in [1.165, 1.54) is 22.3 Å². The summed E-state index contributed by atoms with van der Waals surface area (Å²) in [6, 6.07) is 2.82. The van der Waals surface area contributed by atoms with E-state index in [1.54, 1.807) is 23.1 Å². The third-order valence-electron chi connectivity index (χ3n) is 5.75. The van der Waals surface area contributed by atoms with Crippen molar-refractivity contribution in [2.24, 2.45) is 0 Å². The predicted molar refractivity (Wildman–Crippen MR) is 114 cm³/mol. The summed E-state index contributed by atoms with van der Waals surface area (Å²) < 4.78 is 51.6. The van der Waals surface area contributed by atoms with Gasteiger partial charge in [0.2, 0.25) is 0 Å². The van der Waals surface area contributed by atoms with Crippen LogP contribution >= 0.6 is 0 Å². The van der Waals surface area contributed by atoms with E-state index >= 15 is 0 Å². The third kappa shape index (κ3) is 4.32. The molecule has 1 fully saturated rings. The van der Waals surface area contributed by atoms with Gasteiger partial charge in [0.05, 0.1) is 36.7 Å². The molecule has 7 nitrogen and oxygen atoms in total. The van der Waals surface area contributed by atoms with E-state index in [-0.39, 0.29) is 23.9 Å². The van der Waals surface area contributed by atoms with Crippen LogP contribution in [-0.4, -0.2) is 44.7 Å². The van der Waals surface area contributed by atoms with Crippen molar-refractivity contribution in [1.82, 2.24) is 18.9 Å². The molecule has 10 heteroatoms. The maximum absolute atomic E-state index is 13.9. The number of alkyl halides is 3. The normalized spacial score (nSPS) is 17.2. The monoisotopic (exact) mass is 449 g/mol. The maximum Gasteiger partial charge on any atom is 0.416 e. The van der Waals surface area contributed by atoms with Gasteiger partial charge in [-0.25, -0.2) is 4.79 Å². The van der Waals surface area contributed by atoms with Crippen LogP contribution in [0.15, 0.2) is 41.7 Å². The molecule has 2 aromatic heterocycles. The molecule has 172 valence electrons. The number of nitrogens with zero attached hydrogens (tertiary/aromatic N) is 5. The Morgan fingerprint density at radius 3 is 2.69 bits per heavy atom. The van der Waals surface area contributed by atoms with Crippen LogP contribution in [0, 0.1) is 6.92 Å². The quantitative estimate of drug-likeness (QED) is 0.599. The number of ether oxygens (including phenoxy) is 1. The van der Waals surface area contributed by atoms with Crippen molar-refractivity contribution < 1.29 is 17.9 Å². The summed E-state index contributed by atoms with van der Waals surface area (Å²) in [4.78, 5) is 15.0. The Kier molecular flexibility index (Phi) is 5.89. The summed E-state index contributed by atoms with van der Waals surface area (Å²) in [6.07, 6.45) is 2.00. The molecule has 0 saturated carbocycles. The summed E-state index contributed by atoms with van der Waals surface area (Å²) in [6.45, 7) is 7.66. The van der Waals surface area contributed by atoms with Gasteiger partial charge >= 0.3 is 11.9 Å². The molecule has 1 aromatic carbocycles. The molecule has 0 N–H and O–H groups in total. The first kappa shape index (κ1) is 22.2. The molecule has 1 atom stereocenters. The van der Waals surface area contributed by atoms with Crippen molar-refractivity contribution in [3.05, 3.63) is 64.1 Å². The number of hydrogen-bond acceptors (Lipinski definition) is 4. The topological polar surface area (TPSA) is 57.2 Å². The summed E-state index contributed by atoms with van der Waals surface area (Å²) in [5.74, 6) is 0. The van der Waals surface area contributed by atoms with E-state index in [0.717, 1.165) is 11.6 Å². The molecule has 0 radical (unpaired) electrons. The zero-order valence-electron chi connectivity index (χ0n) is 18.3. The summed E-state index contributed by atoms with van der Waals surface area (Å²) in [5.41, 5.74) is 0.363. The summed E-state index contributed by atoms with van der Waals surface area (Å²) >= 11 is 0. The molecule has 1 saturated heterocycles. The largest absolute Gasteiger partial charge is 0.416 e. The number of morpholine rings is 1. The molecular formula is C22H26F3N5O2. The number of rotatable bonds is 5. The molecule has 0 aliphatic carbocycles. The number of anilines is 1. The molecule has 1 aliphatic heterocycles. The summed E-state index contributed by atoms with van der Waals surface area (Å²) in [7, 11) is 0. The van der Waals surface area contributed by atoms with E-state index in [0.29, 0.717) is 31.9 Å². The molecule has 3 heterocycles. The number of imidazole rings is 1. The lowest BCUT2D eigenvalue weighted by Gasteiger charge is -2.34. The summed E-state index contributed by atoms with van der Waals surface area (Å²) in [5, 5.41) is 4.20. The van der Waals surface area contributed by atoms with E-state index in [1.807, 2.05) is 24.9 Å². The Bertz CT molecular complexity index is 1160. The zero-order valence-corrected chi connectivity index (χ0v) is 18.3. The van der Waals surface area contributed by atoms with Crippen molar-refractivity contribution >= 4 is 5.69 Å². The molecule has 32 heavy (non-hydrogen) atoms. The standard InChI is InChI=1S/C22H26F3N5O2/c1-4-29-14-17(11-26-29)13-28-5-6-30(21(28)31)20-10-18(27-7-8-32-15(2)12-27)9-19(16(20)3)22(23,24)25/h5-6,9-11,14-15H,4,7-8,12-13H2,1-3H3/t15-/m1/s1. The Morgan fingerprint density at radius 2 is 2.03 bits per heavy atom. The van der Waals surface area contributed by atoms with Gasteiger partial charge in [0.15, 0.2) is 0 Å². The van der Waals surface area contributed by atoms with E-state index in [9.17, 15) is 18.0 Å². The first-order valence-electron chi connectivity index (χ1n) is 10.5. The van der Waals surface area contributed by atoms with Crippen molar-refractivity contribution in [3.63, 3.8) is 0 Å². The van der Waals surface area contributed by atoms with Crippen molar-refractivity contribution in [3.8, 4) is 5.69 Å². The first-order valence-corrected chi connectivity index (χ1v) is 10.5. The number of benzene rings is 1. The lowest BCUT2D eigenvalue weighted by Crippen LogP contribution is -2.41. The van der Waals surface area contributed by atoms with Crippen LogP contribution in [0.3, 0.4) is 0 Å². The predicted octanol–water partition coefficient (Wildman–Crippen LogP) is 3.46. The van der Waals surface area contributed by atoms with Gasteiger partial charge in [-0.05, 0) is 38.5 Å². The van der Waals surface area contributed by atoms with Crippen molar-refractivity contribution in [2.45, 2.75) is 46.1 Å². The lowest BCUT2D eigenvalue weighted by atomic mass is 10.0. The Hall–Kier alpha value is -3.01. The van der Waals surface area contributed by atoms with Gasteiger partial charge in [-0.15, -0.1) is 0 Å². The van der Waals surface area contributed by atoms with Crippen molar-refractivity contribution in [1.29, 1.82) is 0 Å². The van der Waals surface area contributed by atoms with E-state index in [2.05, 4.69) is 5.10 Å². The lowest BCUT2D eigenvalue weighted by molar-refractivity contribution is -0.138. The second kappa shape index (κ2) is 8.50. The van der Waals surface area contributed by atoms with Crippen LogP contribution in [0.5, 0.6) is 0 Å². The van der Waals surface area contributed by atoms with E-state index < -0.39 is 17.4 Å². The molecule has 3 aromatic rings. The third-order valence-corrected chi connectivity index (χ3v) is 5.75. The molecular weight excluding hydrogens is 423 g/mol. The number of hydrogen-bond donors (Lipinski definition) is 0. The first-order chi connectivity index (χ1) is 15.2. The number of aromatic nitrogens is 4. The van der Waals surface area contributed by atoms with Crippen LogP contribution in [0.4, 0.5) is 18.9 Å². The molecule has 1 aliphatic rings. The van der Waals surface area contributed by atoms with Crippen LogP contribution in [0.2, 0.25) is 0 Å². The molecule has 0 unspecified atom stereocenters. The minimum Gasteiger partial charge on any atom is -0.375 e. The Morgan fingerprint density at radius 1 is 1.25 bits per heavy atom. The highest BCUT2D eigenvalue weighted by atomic mass is 19.4. The SMILES string of the molecule is CCn1cc(Cn2ccn(-c3cc(N4CCO[C@H](C)C4)cc(C(F)(F)F)c3C)c2=O)cn1. The fraction of sp³-hybridized carbons (Fsp3) is 0.455. The zero-order chi connectivity index (χ0) is 23.0. The fourth-order valence-electron chi connectivity index (χ4n) is 4.04. The highest BCUT2D eigenvalue weighted by Gasteiger charge is 2.35. The smallest absolute Gasteiger partial charge is 0.375 e. The fourth-order valence-corrected chi connectivity index (χ4v) is 4.04. The number of aryl methyl sites for hydroxylation is 1. The van der Waals surface area contributed by atoms with Gasteiger partial charge in [0.25, 0.3) is 0 Å². The van der Waals surface area contributed by atoms with Gasteiger partial charge in [0.1, 0.15) is 0 Å². The minimum atomic E-state index is -4.53. The van der Waals surface area contributed by atoms with Crippen LogP contribution in [0.25, 0.3) is 5.69 Å². The Labute approximate surface area is 183 Å². The Balaban J connectivity index is 1.76. The van der Waals surface area contributed by atoms with Gasteiger partial charge in [-0.1, -0.05) is 0 Å². The average molecular weight is 449 g/mol. The average Bonchev–Trinajstić information content (AvgIpc) is 3.34. The molecule has 0 bridgehead atoms.